The standard InChI is InChI=1S/C26H35N3O2/c1-16(2)11-13-27-20-9-6-5-8-18(20)19-15-23-25(30)28-12-7-10-21(28)26(31)29(23)22(24(19)27)14-17(3)4/h5-6,8-9,16-17,21-23H,7,10-15H2,1-4H3/t21-,22-,23-/m0/s1. The summed E-state index contributed by atoms with van der Waals surface area (Å²) in [5, 5.41) is 1.26. The molecular weight excluding hydrogens is 386 g/mol. The van der Waals surface area contributed by atoms with Gasteiger partial charge in [0.1, 0.15) is 12.1 Å². The van der Waals surface area contributed by atoms with Gasteiger partial charge in [0.15, 0.2) is 0 Å². The van der Waals surface area contributed by atoms with Gasteiger partial charge in [0.2, 0.25) is 11.8 Å². The third-order valence-corrected chi connectivity index (χ3v) is 7.49. The highest BCUT2D eigenvalue weighted by molar-refractivity contribution is 5.99. The summed E-state index contributed by atoms with van der Waals surface area (Å²) in [5.74, 6) is 1.40. The van der Waals surface area contributed by atoms with E-state index in [-0.39, 0.29) is 29.9 Å². The molecule has 5 nitrogen and oxygen atoms in total. The fourth-order valence-electron chi connectivity index (χ4n) is 6.10. The van der Waals surface area contributed by atoms with Crippen LogP contribution in [0.3, 0.4) is 0 Å². The van der Waals surface area contributed by atoms with Crippen molar-refractivity contribution < 1.29 is 9.59 Å². The van der Waals surface area contributed by atoms with Crippen LogP contribution in [0.4, 0.5) is 0 Å². The highest BCUT2D eigenvalue weighted by Crippen LogP contribution is 2.45. The molecule has 0 radical (unpaired) electrons. The van der Waals surface area contributed by atoms with Gasteiger partial charge in [-0.2, -0.15) is 0 Å². The molecule has 2 aromatic rings. The quantitative estimate of drug-likeness (QED) is 0.712. The van der Waals surface area contributed by atoms with E-state index in [1.807, 2.05) is 9.80 Å². The molecule has 0 aliphatic carbocycles. The van der Waals surface area contributed by atoms with E-state index < -0.39 is 0 Å². The van der Waals surface area contributed by atoms with E-state index in [0.29, 0.717) is 18.3 Å². The predicted molar refractivity (Wildman–Crippen MR) is 123 cm³/mol. The number of aromatic nitrogens is 1. The minimum absolute atomic E-state index is 0.0208. The van der Waals surface area contributed by atoms with Gasteiger partial charge in [-0.05, 0) is 49.1 Å². The Hall–Kier alpha value is -2.30. The van der Waals surface area contributed by atoms with E-state index >= 15 is 0 Å². The molecule has 0 N–H and O–H groups in total. The molecule has 1 aromatic carbocycles. The van der Waals surface area contributed by atoms with Gasteiger partial charge in [-0.3, -0.25) is 9.59 Å². The second-order valence-electron chi connectivity index (χ2n) is 10.5. The first kappa shape index (κ1) is 20.6. The molecule has 31 heavy (non-hydrogen) atoms. The van der Waals surface area contributed by atoms with Crippen LogP contribution >= 0.6 is 0 Å². The topological polar surface area (TPSA) is 45.6 Å². The van der Waals surface area contributed by atoms with Gasteiger partial charge in [0.25, 0.3) is 0 Å². The molecule has 4 heterocycles. The van der Waals surface area contributed by atoms with Crippen molar-refractivity contribution in [3.63, 3.8) is 0 Å². The Bertz CT molecular complexity index is 1020. The van der Waals surface area contributed by atoms with Crippen LogP contribution in [-0.4, -0.2) is 44.8 Å². The van der Waals surface area contributed by atoms with Crippen molar-refractivity contribution in [3.8, 4) is 0 Å². The molecule has 166 valence electrons. The number of piperazine rings is 1. The van der Waals surface area contributed by atoms with Gasteiger partial charge in [-0.1, -0.05) is 45.9 Å². The number of para-hydroxylation sites is 1. The van der Waals surface area contributed by atoms with Crippen LogP contribution in [0.2, 0.25) is 0 Å². The Morgan fingerprint density at radius 3 is 2.52 bits per heavy atom. The number of carbonyl (C=O) groups excluding carboxylic acids is 2. The van der Waals surface area contributed by atoms with Crippen molar-refractivity contribution >= 4 is 22.7 Å². The summed E-state index contributed by atoms with van der Waals surface area (Å²) in [6, 6.07) is 8.01. The largest absolute Gasteiger partial charge is 0.342 e. The van der Waals surface area contributed by atoms with E-state index in [4.69, 9.17) is 0 Å². The van der Waals surface area contributed by atoms with Crippen LogP contribution in [0, 0.1) is 11.8 Å². The average Bonchev–Trinajstić information content (AvgIpc) is 3.33. The zero-order chi connectivity index (χ0) is 21.9. The maximum Gasteiger partial charge on any atom is 0.246 e. The summed E-state index contributed by atoms with van der Waals surface area (Å²) >= 11 is 0. The van der Waals surface area contributed by atoms with Gasteiger partial charge >= 0.3 is 0 Å². The molecule has 5 heteroatoms. The number of benzene rings is 1. The number of fused-ring (bicyclic) bond motifs is 5. The number of aryl methyl sites for hydroxylation is 1. The number of hydrogen-bond acceptors (Lipinski definition) is 2. The lowest BCUT2D eigenvalue weighted by Gasteiger charge is -2.49. The smallest absolute Gasteiger partial charge is 0.246 e. The highest BCUT2D eigenvalue weighted by atomic mass is 16.2. The SMILES string of the molecule is CC(C)CCn1c2c(c3ccccc31)C[C@H]1C(=O)N3CCC[C@H]3C(=O)N1[C@H]2CC(C)C. The zero-order valence-electron chi connectivity index (χ0n) is 19.3. The average molecular weight is 422 g/mol. The molecule has 0 saturated carbocycles. The first-order valence-electron chi connectivity index (χ1n) is 12.1. The predicted octanol–water partition coefficient (Wildman–Crippen LogP) is 4.53. The number of carbonyl (C=O) groups is 2. The first-order valence-corrected chi connectivity index (χ1v) is 12.1. The lowest BCUT2D eigenvalue weighted by molar-refractivity contribution is -0.163. The number of hydrogen-bond donors (Lipinski definition) is 0. The molecule has 2 fully saturated rings. The molecular formula is C26H35N3O2. The molecule has 5 rings (SSSR count). The van der Waals surface area contributed by atoms with Crippen molar-refractivity contribution in [2.75, 3.05) is 6.54 Å². The summed E-state index contributed by atoms with van der Waals surface area (Å²) < 4.78 is 2.48. The van der Waals surface area contributed by atoms with E-state index in [0.717, 1.165) is 38.8 Å². The molecule has 2 saturated heterocycles. The monoisotopic (exact) mass is 421 g/mol. The second-order valence-corrected chi connectivity index (χ2v) is 10.5. The van der Waals surface area contributed by atoms with Crippen LogP contribution in [0.5, 0.6) is 0 Å². The Kier molecular flexibility index (Phi) is 5.10. The molecule has 3 aliphatic rings. The Morgan fingerprint density at radius 2 is 1.77 bits per heavy atom. The maximum atomic E-state index is 13.7. The van der Waals surface area contributed by atoms with Gasteiger partial charge in [-0.15, -0.1) is 0 Å². The van der Waals surface area contributed by atoms with Gasteiger partial charge in [0, 0.05) is 36.1 Å². The fourth-order valence-corrected chi connectivity index (χ4v) is 6.10. The molecule has 0 bridgehead atoms. The summed E-state index contributed by atoms with van der Waals surface area (Å²) in [6.45, 7) is 10.7. The Morgan fingerprint density at radius 1 is 1.00 bits per heavy atom. The third-order valence-electron chi connectivity index (χ3n) is 7.49. The van der Waals surface area contributed by atoms with Crippen LogP contribution in [0.15, 0.2) is 24.3 Å². The van der Waals surface area contributed by atoms with E-state index in [2.05, 4.69) is 56.5 Å². The van der Waals surface area contributed by atoms with Crippen LogP contribution in [0.25, 0.3) is 10.9 Å². The van der Waals surface area contributed by atoms with Crippen molar-refractivity contribution in [3.05, 3.63) is 35.5 Å². The summed E-state index contributed by atoms with van der Waals surface area (Å²) in [5.41, 5.74) is 3.84. The highest BCUT2D eigenvalue weighted by Gasteiger charge is 2.53. The Labute approximate surface area is 185 Å². The van der Waals surface area contributed by atoms with E-state index in [9.17, 15) is 9.59 Å². The Balaban J connectivity index is 1.69. The van der Waals surface area contributed by atoms with Gasteiger partial charge in [-0.25, -0.2) is 0 Å². The van der Waals surface area contributed by atoms with Gasteiger partial charge in [0.05, 0.1) is 6.04 Å². The maximum absolute atomic E-state index is 13.7. The number of rotatable bonds is 5. The van der Waals surface area contributed by atoms with Crippen LogP contribution in [-0.2, 0) is 22.6 Å². The van der Waals surface area contributed by atoms with Crippen LogP contribution < -0.4 is 0 Å². The minimum Gasteiger partial charge on any atom is -0.342 e. The number of amides is 2. The third kappa shape index (κ3) is 3.19. The molecule has 3 atom stereocenters. The summed E-state index contributed by atoms with van der Waals surface area (Å²) in [6.07, 6.45) is 4.39. The summed E-state index contributed by atoms with van der Waals surface area (Å²) in [7, 11) is 0. The molecule has 3 aliphatic heterocycles. The molecule has 1 aromatic heterocycles. The zero-order valence-corrected chi connectivity index (χ0v) is 19.3. The van der Waals surface area contributed by atoms with Gasteiger partial charge < -0.3 is 14.4 Å². The van der Waals surface area contributed by atoms with Crippen molar-refractivity contribution in [1.29, 1.82) is 0 Å². The lowest BCUT2D eigenvalue weighted by Crippen LogP contribution is -2.65. The fraction of sp³-hybridized carbons (Fsp3) is 0.615. The molecule has 0 spiro atoms. The number of nitrogens with zero attached hydrogens (tertiary/aromatic N) is 3. The van der Waals surface area contributed by atoms with Crippen molar-refractivity contribution in [2.24, 2.45) is 11.8 Å². The summed E-state index contributed by atoms with van der Waals surface area (Å²) in [4.78, 5) is 31.1. The normalized spacial score (nSPS) is 25.5. The van der Waals surface area contributed by atoms with Crippen molar-refractivity contribution in [1.82, 2.24) is 14.4 Å². The second kappa shape index (κ2) is 7.68. The van der Waals surface area contributed by atoms with Crippen molar-refractivity contribution in [2.45, 2.75) is 84.5 Å². The van der Waals surface area contributed by atoms with Crippen LogP contribution in [0.1, 0.15) is 70.7 Å². The van der Waals surface area contributed by atoms with E-state index in [1.54, 1.807) is 0 Å². The van der Waals surface area contributed by atoms with E-state index in [1.165, 1.54) is 22.2 Å². The lowest BCUT2D eigenvalue weighted by atomic mass is 9.84. The minimum atomic E-state index is -0.345. The molecule has 2 amide bonds. The molecule has 0 unspecified atom stereocenters. The first-order chi connectivity index (χ1) is 14.9.